The molecule has 1 aromatic heterocycles. The van der Waals surface area contributed by atoms with E-state index in [-0.39, 0.29) is 0 Å². The molecule has 84 valence electrons. The van der Waals surface area contributed by atoms with E-state index < -0.39 is 0 Å². The topological polar surface area (TPSA) is 22.1 Å². The van der Waals surface area contributed by atoms with Crippen LogP contribution in [0.1, 0.15) is 16.1 Å². The Kier molecular flexibility index (Phi) is 2.97. The molecule has 2 rings (SSSR count). The largest absolute Gasteiger partial charge is 0.496 e. The second kappa shape index (κ2) is 4.26. The maximum Gasteiger partial charge on any atom is 0.124 e. The van der Waals surface area contributed by atoms with Crippen molar-refractivity contribution in [1.82, 2.24) is 4.98 Å². The van der Waals surface area contributed by atoms with Crippen molar-refractivity contribution in [3.8, 4) is 17.0 Å². The van der Waals surface area contributed by atoms with Crippen LogP contribution in [0.5, 0.6) is 5.75 Å². The van der Waals surface area contributed by atoms with Gasteiger partial charge in [0.25, 0.3) is 0 Å². The van der Waals surface area contributed by atoms with Gasteiger partial charge in [-0.05, 0) is 44.0 Å². The number of hydrogen-bond donors (Lipinski definition) is 0. The second-order valence-corrected chi connectivity index (χ2v) is 4.96. The highest BCUT2D eigenvalue weighted by Crippen LogP contribution is 2.30. The fourth-order valence-electron chi connectivity index (χ4n) is 1.92. The molecule has 1 aromatic carbocycles. The number of ether oxygens (including phenoxy) is 1. The number of nitrogens with zero attached hydrogens (tertiary/aromatic N) is 1. The lowest BCUT2D eigenvalue weighted by molar-refractivity contribution is 0.408. The molecule has 2 aromatic rings. The first-order chi connectivity index (χ1) is 7.61. The van der Waals surface area contributed by atoms with Gasteiger partial charge in [-0.1, -0.05) is 0 Å². The molecule has 0 spiro atoms. The van der Waals surface area contributed by atoms with Gasteiger partial charge in [0.15, 0.2) is 0 Å². The van der Waals surface area contributed by atoms with E-state index in [2.05, 4.69) is 36.3 Å². The van der Waals surface area contributed by atoms with Gasteiger partial charge in [0.2, 0.25) is 0 Å². The predicted octanol–water partition coefficient (Wildman–Crippen LogP) is 3.74. The Hall–Kier alpha value is -1.35. The van der Waals surface area contributed by atoms with Crippen LogP contribution in [0.3, 0.4) is 0 Å². The molecule has 0 saturated heterocycles. The highest BCUT2D eigenvalue weighted by atomic mass is 32.1. The third-order valence-electron chi connectivity index (χ3n) is 2.58. The van der Waals surface area contributed by atoms with Crippen LogP contribution in [-0.2, 0) is 0 Å². The zero-order valence-electron chi connectivity index (χ0n) is 10.00. The maximum absolute atomic E-state index is 5.35. The van der Waals surface area contributed by atoms with Gasteiger partial charge < -0.3 is 4.74 Å². The van der Waals surface area contributed by atoms with Gasteiger partial charge >= 0.3 is 0 Å². The molecule has 3 heteroatoms. The van der Waals surface area contributed by atoms with Crippen LogP contribution in [-0.4, -0.2) is 12.1 Å². The van der Waals surface area contributed by atoms with Gasteiger partial charge in [-0.3, -0.25) is 0 Å². The summed E-state index contributed by atoms with van der Waals surface area (Å²) in [6.45, 7) is 6.15. The molecule has 16 heavy (non-hydrogen) atoms. The first kappa shape index (κ1) is 11.1. The number of hydrogen-bond acceptors (Lipinski definition) is 3. The standard InChI is InChI=1S/C13H15NOS/c1-8-5-11(6-9(2)13(8)15-4)12-7-16-10(3)14-12/h5-7H,1-4H3. The first-order valence-electron chi connectivity index (χ1n) is 5.19. The van der Waals surface area contributed by atoms with Crippen molar-refractivity contribution in [3.05, 3.63) is 33.6 Å². The molecule has 0 N–H and O–H groups in total. The molecule has 0 aliphatic rings. The molecule has 2 nitrogen and oxygen atoms in total. The lowest BCUT2D eigenvalue weighted by Gasteiger charge is -2.10. The number of rotatable bonds is 2. The molecular formula is C13H15NOS. The number of aromatic nitrogens is 1. The smallest absolute Gasteiger partial charge is 0.124 e. The first-order valence-corrected chi connectivity index (χ1v) is 6.07. The molecule has 0 radical (unpaired) electrons. The van der Waals surface area contributed by atoms with Crippen molar-refractivity contribution < 1.29 is 4.74 Å². The summed E-state index contributed by atoms with van der Waals surface area (Å²) < 4.78 is 5.35. The third kappa shape index (κ3) is 1.95. The van der Waals surface area contributed by atoms with Gasteiger partial charge in [-0.2, -0.15) is 0 Å². The molecule has 0 bridgehead atoms. The highest BCUT2D eigenvalue weighted by molar-refractivity contribution is 7.09. The van der Waals surface area contributed by atoms with Crippen LogP contribution >= 0.6 is 11.3 Å². The Morgan fingerprint density at radius 3 is 2.19 bits per heavy atom. The normalized spacial score (nSPS) is 10.5. The van der Waals surface area contributed by atoms with Crippen LogP contribution in [0, 0.1) is 20.8 Å². The van der Waals surface area contributed by atoms with Crippen LogP contribution in [0.2, 0.25) is 0 Å². The second-order valence-electron chi connectivity index (χ2n) is 3.90. The minimum atomic E-state index is 0.968. The van der Waals surface area contributed by atoms with Crippen molar-refractivity contribution in [3.63, 3.8) is 0 Å². The zero-order valence-corrected chi connectivity index (χ0v) is 10.8. The summed E-state index contributed by atoms with van der Waals surface area (Å²) in [6, 6.07) is 4.25. The maximum atomic E-state index is 5.35. The van der Waals surface area contributed by atoms with Crippen LogP contribution < -0.4 is 4.74 Å². The van der Waals surface area contributed by atoms with Crippen LogP contribution in [0.4, 0.5) is 0 Å². The minimum absolute atomic E-state index is 0.968. The van der Waals surface area contributed by atoms with E-state index in [1.807, 2.05) is 6.92 Å². The molecule has 0 amide bonds. The van der Waals surface area contributed by atoms with Crippen molar-refractivity contribution >= 4 is 11.3 Å². The summed E-state index contributed by atoms with van der Waals surface area (Å²) in [5, 5.41) is 3.19. The number of benzene rings is 1. The highest BCUT2D eigenvalue weighted by Gasteiger charge is 2.08. The summed E-state index contributed by atoms with van der Waals surface area (Å²) in [6.07, 6.45) is 0. The van der Waals surface area contributed by atoms with E-state index in [0.717, 1.165) is 27.6 Å². The Bertz CT molecular complexity index is 493. The molecule has 0 saturated carbocycles. The van der Waals surface area contributed by atoms with Crippen LogP contribution in [0.15, 0.2) is 17.5 Å². The lowest BCUT2D eigenvalue weighted by atomic mass is 10.0. The Morgan fingerprint density at radius 2 is 1.75 bits per heavy atom. The average Bonchev–Trinajstić information content (AvgIpc) is 2.64. The Balaban J connectivity index is 2.52. The number of methoxy groups -OCH3 is 1. The SMILES string of the molecule is COc1c(C)cc(-c2csc(C)n2)cc1C. The summed E-state index contributed by atoms with van der Waals surface area (Å²) in [4.78, 5) is 4.50. The Morgan fingerprint density at radius 1 is 1.12 bits per heavy atom. The van der Waals surface area contributed by atoms with Gasteiger partial charge in [0.05, 0.1) is 17.8 Å². The molecule has 0 fully saturated rings. The fraction of sp³-hybridized carbons (Fsp3) is 0.308. The summed E-state index contributed by atoms with van der Waals surface area (Å²) >= 11 is 1.68. The Labute approximate surface area is 99.9 Å². The van der Waals surface area contributed by atoms with Crippen molar-refractivity contribution in [2.45, 2.75) is 20.8 Å². The number of aryl methyl sites for hydroxylation is 3. The van der Waals surface area contributed by atoms with E-state index in [1.54, 1.807) is 18.4 Å². The van der Waals surface area contributed by atoms with E-state index in [4.69, 9.17) is 4.74 Å². The summed E-state index contributed by atoms with van der Waals surface area (Å²) in [5.41, 5.74) is 4.53. The zero-order chi connectivity index (χ0) is 11.7. The molecule has 0 atom stereocenters. The van der Waals surface area contributed by atoms with E-state index >= 15 is 0 Å². The summed E-state index contributed by atoms with van der Waals surface area (Å²) in [7, 11) is 1.71. The van der Waals surface area contributed by atoms with Crippen molar-refractivity contribution in [2.75, 3.05) is 7.11 Å². The third-order valence-corrected chi connectivity index (χ3v) is 3.35. The average molecular weight is 233 g/mol. The van der Waals surface area contributed by atoms with Gasteiger partial charge in [0, 0.05) is 10.9 Å². The number of thiazole rings is 1. The van der Waals surface area contributed by atoms with Gasteiger partial charge in [-0.25, -0.2) is 4.98 Å². The quantitative estimate of drug-likeness (QED) is 0.788. The van der Waals surface area contributed by atoms with Crippen LogP contribution in [0.25, 0.3) is 11.3 Å². The van der Waals surface area contributed by atoms with E-state index in [9.17, 15) is 0 Å². The molecule has 0 unspecified atom stereocenters. The van der Waals surface area contributed by atoms with Crippen molar-refractivity contribution in [1.29, 1.82) is 0 Å². The minimum Gasteiger partial charge on any atom is -0.496 e. The fourth-order valence-corrected chi connectivity index (χ4v) is 2.54. The van der Waals surface area contributed by atoms with Gasteiger partial charge in [-0.15, -0.1) is 11.3 Å². The molecule has 1 heterocycles. The molecular weight excluding hydrogens is 218 g/mol. The lowest BCUT2D eigenvalue weighted by Crippen LogP contribution is -1.92. The monoisotopic (exact) mass is 233 g/mol. The molecule has 0 aliphatic carbocycles. The van der Waals surface area contributed by atoms with Gasteiger partial charge in [0.1, 0.15) is 5.75 Å². The van der Waals surface area contributed by atoms with Crippen molar-refractivity contribution in [2.24, 2.45) is 0 Å². The van der Waals surface area contributed by atoms with E-state index in [1.165, 1.54) is 5.56 Å². The predicted molar refractivity (Wildman–Crippen MR) is 68.3 cm³/mol. The molecule has 0 aliphatic heterocycles. The summed E-state index contributed by atoms with van der Waals surface area (Å²) in [5.74, 6) is 0.968. The van der Waals surface area contributed by atoms with E-state index in [0.29, 0.717) is 0 Å².